The fourth-order valence-corrected chi connectivity index (χ4v) is 3.19. The number of rotatable bonds is 5. The normalized spacial score (nSPS) is 16.9. The van der Waals surface area contributed by atoms with Gasteiger partial charge in [-0.25, -0.2) is 9.97 Å². The van der Waals surface area contributed by atoms with E-state index < -0.39 is 11.7 Å². The number of nitrogens with zero attached hydrogens (tertiary/aromatic N) is 4. The lowest BCUT2D eigenvalue weighted by Gasteiger charge is -2.26. The molecule has 142 valence electrons. The molecular formula is C18H19F3N6. The molecule has 0 aliphatic carbocycles. The summed E-state index contributed by atoms with van der Waals surface area (Å²) in [5.74, 6) is 1.51. The van der Waals surface area contributed by atoms with Crippen LogP contribution in [0.2, 0.25) is 0 Å². The standard InChI is InChI=1S/C18H19F3N6/c1-23-16-8-17(26-11-25-16)27-6-2-3-14(27)10-24-15-5-4-13(18(19,20)21)7-12(15)9-22/h4-5,7-8,11,14,24H,2-3,6,10H2,1H3,(H,23,25,26). The Hall–Kier alpha value is -3.02. The van der Waals surface area contributed by atoms with Crippen molar-refractivity contribution in [1.82, 2.24) is 9.97 Å². The number of halogens is 3. The predicted octanol–water partition coefficient (Wildman–Crippen LogP) is 3.49. The summed E-state index contributed by atoms with van der Waals surface area (Å²) in [6.07, 6.45) is -1.06. The molecule has 6 nitrogen and oxygen atoms in total. The van der Waals surface area contributed by atoms with E-state index in [2.05, 4.69) is 25.5 Å². The molecule has 1 saturated heterocycles. The maximum atomic E-state index is 12.8. The Bertz CT molecular complexity index is 846. The first kappa shape index (κ1) is 18.8. The summed E-state index contributed by atoms with van der Waals surface area (Å²) in [5.41, 5.74) is -0.447. The molecule has 2 heterocycles. The van der Waals surface area contributed by atoms with Crippen LogP contribution in [0.4, 0.5) is 30.5 Å². The number of alkyl halides is 3. The van der Waals surface area contributed by atoms with Crippen molar-refractivity contribution in [3.63, 3.8) is 0 Å². The maximum Gasteiger partial charge on any atom is 0.416 e. The number of aromatic nitrogens is 2. The van der Waals surface area contributed by atoms with Crippen LogP contribution in [0.25, 0.3) is 0 Å². The molecule has 0 saturated carbocycles. The molecule has 1 unspecified atom stereocenters. The quantitative estimate of drug-likeness (QED) is 0.832. The molecule has 0 spiro atoms. The predicted molar refractivity (Wildman–Crippen MR) is 96.6 cm³/mol. The second-order valence-corrected chi connectivity index (χ2v) is 6.25. The summed E-state index contributed by atoms with van der Waals surface area (Å²) in [6.45, 7) is 1.34. The zero-order valence-electron chi connectivity index (χ0n) is 14.7. The van der Waals surface area contributed by atoms with Crippen molar-refractivity contribution in [2.45, 2.75) is 25.1 Å². The molecule has 1 aliphatic rings. The van der Waals surface area contributed by atoms with E-state index in [9.17, 15) is 18.4 Å². The van der Waals surface area contributed by atoms with Crippen molar-refractivity contribution in [2.24, 2.45) is 0 Å². The number of nitriles is 1. The average molecular weight is 376 g/mol. The molecule has 9 heteroatoms. The SMILES string of the molecule is CNc1cc(N2CCCC2CNc2ccc(C(F)(F)F)cc2C#N)ncn1. The first-order valence-corrected chi connectivity index (χ1v) is 8.54. The van der Waals surface area contributed by atoms with E-state index in [1.165, 1.54) is 12.4 Å². The van der Waals surface area contributed by atoms with Crippen molar-refractivity contribution in [1.29, 1.82) is 5.26 Å². The highest BCUT2D eigenvalue weighted by atomic mass is 19.4. The summed E-state index contributed by atoms with van der Waals surface area (Å²) >= 11 is 0. The summed E-state index contributed by atoms with van der Waals surface area (Å²) < 4.78 is 38.4. The Kier molecular flexibility index (Phi) is 5.35. The van der Waals surface area contributed by atoms with Gasteiger partial charge in [0.25, 0.3) is 0 Å². The van der Waals surface area contributed by atoms with Crippen LogP contribution in [0.1, 0.15) is 24.0 Å². The lowest BCUT2D eigenvalue weighted by Crippen LogP contribution is -2.35. The lowest BCUT2D eigenvalue weighted by molar-refractivity contribution is -0.137. The van der Waals surface area contributed by atoms with Gasteiger partial charge in [0, 0.05) is 32.2 Å². The molecule has 0 bridgehead atoms. The first-order valence-electron chi connectivity index (χ1n) is 8.54. The zero-order chi connectivity index (χ0) is 19.4. The minimum atomic E-state index is -4.47. The van der Waals surface area contributed by atoms with Gasteiger partial charge in [-0.2, -0.15) is 18.4 Å². The minimum Gasteiger partial charge on any atom is -0.382 e. The molecule has 0 amide bonds. The van der Waals surface area contributed by atoms with Gasteiger partial charge in [-0.05, 0) is 31.0 Å². The van der Waals surface area contributed by atoms with Crippen LogP contribution in [-0.2, 0) is 6.18 Å². The second kappa shape index (κ2) is 7.70. The van der Waals surface area contributed by atoms with E-state index in [-0.39, 0.29) is 11.6 Å². The molecule has 3 rings (SSSR count). The molecule has 1 aromatic carbocycles. The number of nitrogens with one attached hydrogen (secondary N) is 2. The Labute approximate surface area is 155 Å². The largest absolute Gasteiger partial charge is 0.416 e. The van der Waals surface area contributed by atoms with Crippen molar-refractivity contribution in [2.75, 3.05) is 35.7 Å². The van der Waals surface area contributed by atoms with E-state index in [1.54, 1.807) is 7.05 Å². The molecule has 0 radical (unpaired) electrons. The Morgan fingerprint density at radius 1 is 1.30 bits per heavy atom. The van der Waals surface area contributed by atoms with E-state index in [0.717, 1.165) is 37.3 Å². The Balaban J connectivity index is 1.73. The molecule has 1 atom stereocenters. The fourth-order valence-electron chi connectivity index (χ4n) is 3.19. The summed E-state index contributed by atoms with van der Waals surface area (Å²) in [5, 5.41) is 15.3. The van der Waals surface area contributed by atoms with Crippen LogP contribution in [0.3, 0.4) is 0 Å². The lowest BCUT2D eigenvalue weighted by atomic mass is 10.1. The third-order valence-electron chi connectivity index (χ3n) is 4.58. The third-order valence-corrected chi connectivity index (χ3v) is 4.58. The van der Waals surface area contributed by atoms with Crippen LogP contribution in [-0.4, -0.2) is 36.1 Å². The summed E-state index contributed by atoms with van der Waals surface area (Å²) in [4.78, 5) is 10.6. The Morgan fingerprint density at radius 2 is 2.11 bits per heavy atom. The van der Waals surface area contributed by atoms with E-state index >= 15 is 0 Å². The van der Waals surface area contributed by atoms with Gasteiger partial charge in [0.15, 0.2) is 0 Å². The second-order valence-electron chi connectivity index (χ2n) is 6.25. The van der Waals surface area contributed by atoms with Gasteiger partial charge >= 0.3 is 6.18 Å². The van der Waals surface area contributed by atoms with Crippen LogP contribution < -0.4 is 15.5 Å². The number of anilines is 3. The van der Waals surface area contributed by atoms with Crippen LogP contribution in [0.5, 0.6) is 0 Å². The average Bonchev–Trinajstić information content (AvgIpc) is 3.14. The monoisotopic (exact) mass is 376 g/mol. The van der Waals surface area contributed by atoms with Crippen molar-refractivity contribution < 1.29 is 13.2 Å². The van der Waals surface area contributed by atoms with E-state index in [0.29, 0.717) is 18.1 Å². The van der Waals surface area contributed by atoms with Gasteiger partial charge in [0.05, 0.1) is 16.8 Å². The van der Waals surface area contributed by atoms with Crippen LogP contribution in [0, 0.1) is 11.3 Å². The van der Waals surface area contributed by atoms with Gasteiger partial charge in [-0.1, -0.05) is 0 Å². The number of benzene rings is 1. The smallest absolute Gasteiger partial charge is 0.382 e. The minimum absolute atomic E-state index is 0.0196. The molecule has 1 fully saturated rings. The molecule has 1 aromatic heterocycles. The van der Waals surface area contributed by atoms with Gasteiger partial charge in [-0.15, -0.1) is 0 Å². The van der Waals surface area contributed by atoms with Crippen molar-refractivity contribution >= 4 is 17.3 Å². The van der Waals surface area contributed by atoms with Crippen LogP contribution in [0.15, 0.2) is 30.6 Å². The highest BCUT2D eigenvalue weighted by Crippen LogP contribution is 2.32. The first-order chi connectivity index (χ1) is 12.9. The topological polar surface area (TPSA) is 76.9 Å². The molecule has 2 N–H and O–H groups in total. The fraction of sp³-hybridized carbons (Fsp3) is 0.389. The van der Waals surface area contributed by atoms with Gasteiger partial charge in [-0.3, -0.25) is 0 Å². The summed E-state index contributed by atoms with van der Waals surface area (Å²) in [6, 6.07) is 6.99. The Morgan fingerprint density at radius 3 is 2.81 bits per heavy atom. The highest BCUT2D eigenvalue weighted by molar-refractivity contribution is 5.59. The van der Waals surface area contributed by atoms with Gasteiger partial charge in [0.1, 0.15) is 24.0 Å². The van der Waals surface area contributed by atoms with Crippen LogP contribution >= 0.6 is 0 Å². The van der Waals surface area contributed by atoms with Gasteiger partial charge in [0.2, 0.25) is 0 Å². The van der Waals surface area contributed by atoms with E-state index in [1.807, 2.05) is 12.1 Å². The number of hydrogen-bond acceptors (Lipinski definition) is 6. The summed E-state index contributed by atoms with van der Waals surface area (Å²) in [7, 11) is 1.78. The van der Waals surface area contributed by atoms with Crippen molar-refractivity contribution in [3.8, 4) is 6.07 Å². The third kappa shape index (κ3) is 4.22. The van der Waals surface area contributed by atoms with Crippen molar-refractivity contribution in [3.05, 3.63) is 41.7 Å². The molecule has 2 aromatic rings. The van der Waals surface area contributed by atoms with Gasteiger partial charge < -0.3 is 15.5 Å². The molecule has 27 heavy (non-hydrogen) atoms. The highest BCUT2D eigenvalue weighted by Gasteiger charge is 2.31. The zero-order valence-corrected chi connectivity index (χ0v) is 14.7. The molecular weight excluding hydrogens is 357 g/mol. The number of hydrogen-bond donors (Lipinski definition) is 2. The van der Waals surface area contributed by atoms with E-state index in [4.69, 9.17) is 0 Å². The maximum absolute atomic E-state index is 12.8. The molecule has 1 aliphatic heterocycles.